The number of hydrogen-bond donors (Lipinski definition) is 1. The van der Waals surface area contributed by atoms with Crippen molar-refractivity contribution in [3.8, 4) is 5.75 Å². The molecular formula is C13H18ClNO4. The maximum atomic E-state index is 10.3. The summed E-state index contributed by atoms with van der Waals surface area (Å²) in [6, 6.07) is 7.80. The fourth-order valence-corrected chi connectivity index (χ4v) is 1.21. The van der Waals surface area contributed by atoms with Crippen molar-refractivity contribution in [3.63, 3.8) is 0 Å². The summed E-state index contributed by atoms with van der Waals surface area (Å²) >= 11 is 4.87. The molecule has 0 saturated carbocycles. The van der Waals surface area contributed by atoms with Crippen LogP contribution in [0, 0.1) is 0 Å². The Morgan fingerprint density at radius 3 is 2.53 bits per heavy atom. The summed E-state index contributed by atoms with van der Waals surface area (Å²) in [4.78, 5) is 20.3. The van der Waals surface area contributed by atoms with Gasteiger partial charge in [-0.2, -0.15) is 0 Å². The summed E-state index contributed by atoms with van der Waals surface area (Å²) in [7, 11) is 3.55. The molecule has 0 aliphatic carbocycles. The predicted octanol–water partition coefficient (Wildman–Crippen LogP) is 2.44. The molecule has 0 spiro atoms. The Morgan fingerprint density at radius 1 is 1.37 bits per heavy atom. The number of anilines is 1. The van der Waals surface area contributed by atoms with Gasteiger partial charge in [0.05, 0.1) is 13.7 Å². The lowest BCUT2D eigenvalue weighted by Crippen LogP contribution is -2.06. The molecule has 0 aliphatic rings. The van der Waals surface area contributed by atoms with E-state index >= 15 is 0 Å². The van der Waals surface area contributed by atoms with Crippen molar-refractivity contribution >= 4 is 28.5 Å². The van der Waals surface area contributed by atoms with Gasteiger partial charge in [-0.25, -0.2) is 0 Å². The van der Waals surface area contributed by atoms with Crippen LogP contribution in [0.3, 0.4) is 0 Å². The minimum Gasteiger partial charge on any atom is -0.497 e. The van der Waals surface area contributed by atoms with Crippen molar-refractivity contribution in [3.05, 3.63) is 24.3 Å². The number of methoxy groups -OCH3 is 1. The molecule has 0 aromatic heterocycles. The van der Waals surface area contributed by atoms with Crippen molar-refractivity contribution < 1.29 is 19.1 Å². The third kappa shape index (κ3) is 8.90. The predicted molar refractivity (Wildman–Crippen MR) is 74.7 cm³/mol. The summed E-state index contributed by atoms with van der Waals surface area (Å²) in [5, 5.41) is 2.34. The van der Waals surface area contributed by atoms with Gasteiger partial charge in [-0.1, -0.05) is 6.07 Å². The van der Waals surface area contributed by atoms with Gasteiger partial charge in [0, 0.05) is 18.8 Å². The number of nitrogens with one attached hydrogen (secondary N) is 1. The normalized spacial score (nSPS) is 8.84. The highest BCUT2D eigenvalue weighted by Gasteiger charge is 2.05. The Balaban J connectivity index is 0.000000344. The van der Waals surface area contributed by atoms with Crippen LogP contribution in [-0.4, -0.2) is 32.0 Å². The Bertz CT molecular complexity index is 390. The van der Waals surface area contributed by atoms with E-state index in [2.05, 4.69) is 10.1 Å². The molecule has 0 unspecified atom stereocenters. The fourth-order valence-electron chi connectivity index (χ4n) is 1.10. The Morgan fingerprint density at radius 2 is 2.05 bits per heavy atom. The van der Waals surface area contributed by atoms with E-state index in [1.54, 1.807) is 14.0 Å². The molecule has 106 valence electrons. The second kappa shape index (κ2) is 10.2. The zero-order valence-corrected chi connectivity index (χ0v) is 12.0. The number of carbonyl (C=O) groups excluding carboxylic acids is 2. The molecule has 1 N–H and O–H groups in total. The molecule has 0 aliphatic heterocycles. The summed E-state index contributed by atoms with van der Waals surface area (Å²) in [5.41, 5.74) is 1.07. The van der Waals surface area contributed by atoms with E-state index in [4.69, 9.17) is 16.3 Å². The first-order chi connectivity index (χ1) is 9.03. The maximum Gasteiger partial charge on any atom is 0.314 e. The van der Waals surface area contributed by atoms with Gasteiger partial charge in [0.1, 0.15) is 12.2 Å². The molecule has 0 radical (unpaired) electrons. The molecule has 19 heavy (non-hydrogen) atoms. The fraction of sp³-hybridized carbons (Fsp3) is 0.385. The van der Waals surface area contributed by atoms with Crippen LogP contribution in [0.4, 0.5) is 5.69 Å². The molecular weight excluding hydrogens is 270 g/mol. The topological polar surface area (TPSA) is 64.6 Å². The van der Waals surface area contributed by atoms with Crippen molar-refractivity contribution in [1.29, 1.82) is 0 Å². The van der Waals surface area contributed by atoms with Gasteiger partial charge in [-0.15, -0.1) is 0 Å². The summed E-state index contributed by atoms with van der Waals surface area (Å²) in [6.45, 7) is 1.94. The lowest BCUT2D eigenvalue weighted by Gasteiger charge is -2.01. The van der Waals surface area contributed by atoms with Crippen molar-refractivity contribution in [2.24, 2.45) is 0 Å². The van der Waals surface area contributed by atoms with Crippen LogP contribution >= 0.6 is 11.6 Å². The third-order valence-electron chi connectivity index (χ3n) is 1.95. The second-order valence-electron chi connectivity index (χ2n) is 3.32. The summed E-state index contributed by atoms with van der Waals surface area (Å²) in [5.74, 6) is 0.310. The van der Waals surface area contributed by atoms with Crippen LogP contribution in [0.2, 0.25) is 0 Å². The molecule has 0 fully saturated rings. The molecule has 0 amide bonds. The monoisotopic (exact) mass is 287 g/mol. The minimum absolute atomic E-state index is 0.281. The van der Waals surface area contributed by atoms with Crippen LogP contribution < -0.4 is 10.1 Å². The van der Waals surface area contributed by atoms with Crippen LogP contribution in [0.5, 0.6) is 5.75 Å². The van der Waals surface area contributed by atoms with Crippen LogP contribution in [0.1, 0.15) is 13.3 Å². The summed E-state index contributed by atoms with van der Waals surface area (Å²) in [6.07, 6.45) is -0.338. The van der Waals surface area contributed by atoms with E-state index in [0.29, 0.717) is 0 Å². The number of esters is 1. The highest BCUT2D eigenvalue weighted by Crippen LogP contribution is 2.15. The number of ether oxygens (including phenoxy) is 2. The largest absolute Gasteiger partial charge is 0.497 e. The van der Waals surface area contributed by atoms with E-state index in [9.17, 15) is 9.59 Å². The first kappa shape index (κ1) is 17.2. The van der Waals surface area contributed by atoms with Crippen molar-refractivity contribution in [1.82, 2.24) is 0 Å². The van der Waals surface area contributed by atoms with Gasteiger partial charge in [0.15, 0.2) is 0 Å². The zero-order chi connectivity index (χ0) is 14.7. The van der Waals surface area contributed by atoms with Gasteiger partial charge in [-0.05, 0) is 30.7 Å². The van der Waals surface area contributed by atoms with Gasteiger partial charge < -0.3 is 14.8 Å². The van der Waals surface area contributed by atoms with Crippen LogP contribution in [-0.2, 0) is 14.3 Å². The number of carbonyl (C=O) groups is 2. The van der Waals surface area contributed by atoms with Crippen molar-refractivity contribution in [2.75, 3.05) is 26.1 Å². The standard InChI is InChI=1S/C8H11NO.C5H7ClO3/c1-9-7-4-3-5-8(6-7)10-2;1-2-9-5(8)3-4(6)7/h3-6,9H,1-2H3;2-3H2,1H3. The van der Waals surface area contributed by atoms with Gasteiger partial charge >= 0.3 is 5.97 Å². The summed E-state index contributed by atoms with van der Waals surface area (Å²) < 4.78 is 9.43. The molecule has 0 bridgehead atoms. The van der Waals surface area contributed by atoms with E-state index in [1.807, 2.05) is 31.3 Å². The van der Waals surface area contributed by atoms with E-state index in [0.717, 1.165) is 11.4 Å². The van der Waals surface area contributed by atoms with Gasteiger partial charge in [-0.3, -0.25) is 9.59 Å². The number of benzene rings is 1. The molecule has 0 heterocycles. The zero-order valence-electron chi connectivity index (χ0n) is 11.2. The van der Waals surface area contributed by atoms with Crippen molar-refractivity contribution in [2.45, 2.75) is 13.3 Å². The lowest BCUT2D eigenvalue weighted by atomic mass is 10.3. The first-order valence-electron chi connectivity index (χ1n) is 5.69. The maximum absolute atomic E-state index is 10.3. The van der Waals surface area contributed by atoms with Gasteiger partial charge in [0.25, 0.3) is 0 Å². The van der Waals surface area contributed by atoms with E-state index in [-0.39, 0.29) is 13.0 Å². The molecule has 1 aromatic carbocycles. The smallest absolute Gasteiger partial charge is 0.314 e. The molecule has 1 rings (SSSR count). The SMILES string of the molecule is CCOC(=O)CC(=O)Cl.CNc1cccc(OC)c1. The Hall–Kier alpha value is -1.75. The van der Waals surface area contributed by atoms with E-state index in [1.165, 1.54) is 0 Å². The minimum atomic E-state index is -0.687. The average molecular weight is 288 g/mol. The molecule has 0 atom stereocenters. The average Bonchev–Trinajstić information content (AvgIpc) is 2.39. The second-order valence-corrected chi connectivity index (χ2v) is 3.74. The Labute approximate surface area is 117 Å². The third-order valence-corrected chi connectivity index (χ3v) is 2.08. The quantitative estimate of drug-likeness (QED) is 0.512. The highest BCUT2D eigenvalue weighted by atomic mass is 35.5. The molecule has 6 heteroatoms. The van der Waals surface area contributed by atoms with Crippen LogP contribution in [0.15, 0.2) is 24.3 Å². The molecule has 1 aromatic rings. The van der Waals surface area contributed by atoms with E-state index < -0.39 is 11.2 Å². The number of halogens is 1. The number of rotatable bonds is 5. The lowest BCUT2D eigenvalue weighted by molar-refractivity contribution is -0.144. The van der Waals surface area contributed by atoms with Crippen LogP contribution in [0.25, 0.3) is 0 Å². The first-order valence-corrected chi connectivity index (χ1v) is 6.07. The van der Waals surface area contributed by atoms with Gasteiger partial charge in [0.2, 0.25) is 5.24 Å². The number of hydrogen-bond acceptors (Lipinski definition) is 5. The highest BCUT2D eigenvalue weighted by molar-refractivity contribution is 6.64. The molecule has 5 nitrogen and oxygen atoms in total. The molecule has 0 saturated heterocycles. The Kier molecular flexibility index (Phi) is 9.26.